The van der Waals surface area contributed by atoms with Gasteiger partial charge in [-0.05, 0) is 0 Å². The summed E-state index contributed by atoms with van der Waals surface area (Å²) in [6.07, 6.45) is -11.5. The Kier molecular flexibility index (Phi) is 7.20. The fraction of sp³-hybridized carbons (Fsp3) is 0.500. The number of H-pyrrole nitrogens is 1. The number of ether oxygens (including phenoxy) is 2. The number of alkyl halides is 2. The molecule has 4 unspecified atom stereocenters. The smallest absolute Gasteiger partial charge is 0.394 e. The summed E-state index contributed by atoms with van der Waals surface area (Å²) in [7, 11) is -5.21. The normalized spacial score (nSPS) is 30.2. The number of fused-ring (bicyclic) bond motifs is 1. The standard InChI is InChI=1S/C18H20F2N9O10P/c19-7-10(31)6(38-14(7)29-4-24-16(21)27-18(29)33)2-36-40(34,35)39-11-5(1-30)37-15(8(11)20)28-3-23-9-12(28)25-17(22)26-13(9)32/h3-8,11,14-15,30H,1-2H2,(H,34,35)(H2,21,27,33)(H3,22,25,26,32)/t5-,6-,7?,8?,11?,14-,15-/m1/s1. The number of anilines is 2. The Labute approximate surface area is 219 Å². The van der Waals surface area contributed by atoms with Gasteiger partial charge in [0.25, 0.3) is 5.56 Å². The van der Waals surface area contributed by atoms with Gasteiger partial charge in [0.1, 0.15) is 24.6 Å². The van der Waals surface area contributed by atoms with Gasteiger partial charge in [0.2, 0.25) is 23.9 Å². The maximum Gasteiger partial charge on any atom is 0.472 e. The third-order valence-electron chi connectivity index (χ3n) is 5.98. The van der Waals surface area contributed by atoms with Crippen molar-refractivity contribution in [1.82, 2.24) is 34.1 Å². The molecule has 8 atom stereocenters. The van der Waals surface area contributed by atoms with E-state index in [0.717, 1.165) is 17.2 Å². The highest BCUT2D eigenvalue weighted by molar-refractivity contribution is 7.47. The summed E-state index contributed by atoms with van der Waals surface area (Å²) in [6, 6.07) is 0. The highest BCUT2D eigenvalue weighted by Crippen LogP contribution is 2.49. The molecule has 0 bridgehead atoms. The van der Waals surface area contributed by atoms with Crippen molar-refractivity contribution in [2.45, 2.75) is 43.1 Å². The maximum atomic E-state index is 15.4. The van der Waals surface area contributed by atoms with Gasteiger partial charge in [0.05, 0.1) is 19.5 Å². The van der Waals surface area contributed by atoms with Crippen LogP contribution in [0, 0.1) is 0 Å². The number of nitrogen functional groups attached to an aromatic ring is 2. The van der Waals surface area contributed by atoms with Gasteiger partial charge in [0, 0.05) is 0 Å². The number of aliphatic hydroxyl groups is 1. The van der Waals surface area contributed by atoms with E-state index in [-0.39, 0.29) is 17.1 Å². The zero-order valence-electron chi connectivity index (χ0n) is 19.8. The number of aliphatic hydroxyl groups excluding tert-OH is 1. The predicted octanol–water partition coefficient (Wildman–Crippen LogP) is -2.53. The zero-order chi connectivity index (χ0) is 28.9. The molecule has 3 aromatic rings. The minimum atomic E-state index is -5.21. The summed E-state index contributed by atoms with van der Waals surface area (Å²) in [5.41, 5.74) is 8.64. The summed E-state index contributed by atoms with van der Waals surface area (Å²) in [6.45, 7) is -1.91. The molecule has 22 heteroatoms. The molecule has 0 radical (unpaired) electrons. The predicted molar refractivity (Wildman–Crippen MR) is 124 cm³/mol. The third-order valence-corrected chi connectivity index (χ3v) is 6.96. The van der Waals surface area contributed by atoms with Crippen molar-refractivity contribution in [3.8, 4) is 0 Å². The van der Waals surface area contributed by atoms with E-state index >= 15 is 4.39 Å². The van der Waals surface area contributed by atoms with Crippen LogP contribution in [0.5, 0.6) is 0 Å². The van der Waals surface area contributed by atoms with E-state index in [1.807, 2.05) is 0 Å². The number of aromatic amines is 1. The quantitative estimate of drug-likeness (QED) is 0.169. The van der Waals surface area contributed by atoms with Gasteiger partial charge in [0.15, 0.2) is 29.8 Å². The molecule has 0 spiro atoms. The van der Waals surface area contributed by atoms with Gasteiger partial charge in [-0.3, -0.25) is 32.8 Å². The lowest BCUT2D eigenvalue weighted by molar-refractivity contribution is -0.126. The number of phosphoric acid groups is 1. The number of imidazole rings is 1. The first kappa shape index (κ1) is 27.8. The Hall–Kier alpha value is -3.72. The molecular weight excluding hydrogens is 571 g/mol. The first-order chi connectivity index (χ1) is 18.9. The molecule has 216 valence electrons. The van der Waals surface area contributed by atoms with Gasteiger partial charge >= 0.3 is 13.5 Å². The molecule has 0 saturated carbocycles. The van der Waals surface area contributed by atoms with Gasteiger partial charge in [-0.1, -0.05) is 0 Å². The Balaban J connectivity index is 1.28. The average molecular weight is 591 g/mol. The fourth-order valence-electron chi connectivity index (χ4n) is 4.15. The first-order valence-corrected chi connectivity index (χ1v) is 12.7. The van der Waals surface area contributed by atoms with Crippen molar-refractivity contribution in [3.05, 3.63) is 33.5 Å². The second kappa shape index (κ2) is 10.4. The van der Waals surface area contributed by atoms with Crippen molar-refractivity contribution >= 4 is 36.7 Å². The second-order valence-electron chi connectivity index (χ2n) is 8.53. The van der Waals surface area contributed by atoms with Crippen LogP contribution in [-0.4, -0.2) is 93.7 Å². The number of carbonyl (C=O) groups is 1. The van der Waals surface area contributed by atoms with Crippen LogP contribution in [0.15, 0.2) is 22.2 Å². The van der Waals surface area contributed by atoms with Crippen LogP contribution in [0.4, 0.5) is 20.7 Å². The molecule has 2 fully saturated rings. The van der Waals surface area contributed by atoms with Gasteiger partial charge in [-0.2, -0.15) is 9.97 Å². The number of phosphoric ester groups is 1. The van der Waals surface area contributed by atoms with Crippen LogP contribution in [0.2, 0.25) is 0 Å². The molecule has 3 aromatic heterocycles. The minimum absolute atomic E-state index is 0.174. The highest BCUT2D eigenvalue weighted by atomic mass is 31.2. The number of aromatic nitrogens is 7. The summed E-state index contributed by atoms with van der Waals surface area (Å²) in [4.78, 5) is 63.2. The molecule has 5 heterocycles. The van der Waals surface area contributed by atoms with Crippen molar-refractivity contribution in [1.29, 1.82) is 0 Å². The van der Waals surface area contributed by atoms with Crippen LogP contribution in [0.3, 0.4) is 0 Å². The summed E-state index contributed by atoms with van der Waals surface area (Å²) in [5.74, 6) is -1.94. The van der Waals surface area contributed by atoms with E-state index < -0.39 is 87.1 Å². The van der Waals surface area contributed by atoms with E-state index in [1.54, 1.807) is 0 Å². The highest BCUT2D eigenvalue weighted by Gasteiger charge is 2.51. The number of nitrogens with two attached hydrogens (primary N) is 2. The summed E-state index contributed by atoms with van der Waals surface area (Å²) >= 11 is 0. The Morgan fingerprint density at radius 1 is 1.10 bits per heavy atom. The zero-order valence-corrected chi connectivity index (χ0v) is 20.7. The number of carbonyl (C=O) groups excluding carboxylic acids is 1. The van der Waals surface area contributed by atoms with Crippen LogP contribution < -0.4 is 22.7 Å². The molecule has 40 heavy (non-hydrogen) atoms. The molecular formula is C18H20F2N9O10P. The number of nitrogens with one attached hydrogen (secondary N) is 1. The van der Waals surface area contributed by atoms with E-state index in [4.69, 9.17) is 30.0 Å². The number of Topliss-reactive ketones (excluding diaryl/α,β-unsaturated/α-hetero) is 1. The van der Waals surface area contributed by atoms with Crippen molar-refractivity contribution in [3.63, 3.8) is 0 Å². The van der Waals surface area contributed by atoms with E-state index in [9.17, 15) is 33.3 Å². The number of halogens is 2. The number of ketones is 1. The van der Waals surface area contributed by atoms with Gasteiger partial charge < -0.3 is 30.9 Å². The third kappa shape index (κ3) is 4.98. The number of hydrogen-bond donors (Lipinski definition) is 5. The molecule has 19 nitrogen and oxygen atoms in total. The average Bonchev–Trinajstić information content (AvgIpc) is 3.53. The van der Waals surface area contributed by atoms with Crippen LogP contribution >= 0.6 is 7.82 Å². The lowest BCUT2D eigenvalue weighted by atomic mass is 10.1. The van der Waals surface area contributed by atoms with Crippen LogP contribution in [0.25, 0.3) is 11.2 Å². The van der Waals surface area contributed by atoms with E-state index in [1.165, 1.54) is 0 Å². The maximum absolute atomic E-state index is 15.4. The Morgan fingerprint density at radius 2 is 1.82 bits per heavy atom. The van der Waals surface area contributed by atoms with Gasteiger partial charge in [-0.25, -0.2) is 28.1 Å². The van der Waals surface area contributed by atoms with Crippen LogP contribution in [-0.2, 0) is 27.9 Å². The first-order valence-electron chi connectivity index (χ1n) is 11.2. The molecule has 7 N–H and O–H groups in total. The molecule has 5 rings (SSSR count). The lowest BCUT2D eigenvalue weighted by Gasteiger charge is -2.22. The van der Waals surface area contributed by atoms with E-state index in [0.29, 0.717) is 4.57 Å². The molecule has 2 aliphatic heterocycles. The molecule has 0 amide bonds. The SMILES string of the molecule is Nc1ncn([C@@H]2O[C@H](COP(=O)(O)OC3C(F)[C@H](n4cnc5c(=O)[nH]c(N)nc54)O[C@@H]3CO)C(=O)C2F)c(=O)n1. The van der Waals surface area contributed by atoms with E-state index in [2.05, 4.69) is 24.9 Å². The molecule has 2 aliphatic rings. The second-order valence-corrected chi connectivity index (χ2v) is 9.93. The molecule has 0 aliphatic carbocycles. The molecule has 2 saturated heterocycles. The van der Waals surface area contributed by atoms with Crippen molar-refractivity contribution in [2.75, 3.05) is 24.7 Å². The fourth-order valence-corrected chi connectivity index (χ4v) is 5.09. The number of nitrogens with zero attached hydrogens (tertiary/aromatic N) is 6. The number of hydrogen-bond acceptors (Lipinski definition) is 15. The molecule has 0 aromatic carbocycles. The topological polar surface area (TPSA) is 275 Å². The van der Waals surface area contributed by atoms with Gasteiger partial charge in [-0.15, -0.1) is 0 Å². The van der Waals surface area contributed by atoms with Crippen molar-refractivity contribution < 1.29 is 46.7 Å². The Bertz CT molecular complexity index is 1620. The van der Waals surface area contributed by atoms with Crippen molar-refractivity contribution in [2.24, 2.45) is 0 Å². The summed E-state index contributed by atoms with van der Waals surface area (Å²) < 4.78 is 64.4. The van der Waals surface area contributed by atoms with Crippen LogP contribution in [0.1, 0.15) is 12.5 Å². The lowest BCUT2D eigenvalue weighted by Crippen LogP contribution is -2.33. The number of rotatable bonds is 8. The minimum Gasteiger partial charge on any atom is -0.394 e. The largest absolute Gasteiger partial charge is 0.472 e. The monoisotopic (exact) mass is 591 g/mol. The Morgan fingerprint density at radius 3 is 2.52 bits per heavy atom. The summed E-state index contributed by atoms with van der Waals surface area (Å²) in [5, 5.41) is 9.66.